The first-order valence-electron chi connectivity index (χ1n) is 6.49. The van der Waals surface area contributed by atoms with Crippen LogP contribution in [0.15, 0.2) is 18.2 Å². The molecule has 1 rings (SSSR count). The molecular formula is C14H21ClN2O2. The van der Waals surface area contributed by atoms with Crippen molar-refractivity contribution in [3.05, 3.63) is 28.8 Å². The molecule has 1 atom stereocenters. The highest BCUT2D eigenvalue weighted by Gasteiger charge is 2.10. The number of hydrogen-bond acceptors (Lipinski definition) is 3. The van der Waals surface area contributed by atoms with Gasteiger partial charge >= 0.3 is 0 Å². The van der Waals surface area contributed by atoms with Crippen LogP contribution in [-0.4, -0.2) is 19.1 Å². The first-order chi connectivity index (χ1) is 9.04. The maximum absolute atomic E-state index is 11.5. The van der Waals surface area contributed by atoms with Crippen molar-refractivity contribution >= 4 is 17.5 Å². The van der Waals surface area contributed by atoms with Crippen LogP contribution in [-0.2, 0) is 4.79 Å². The maximum atomic E-state index is 11.5. The number of hydrogen-bond donors (Lipinski definition) is 2. The summed E-state index contributed by atoms with van der Waals surface area (Å²) >= 11 is 5.92. The van der Waals surface area contributed by atoms with Crippen LogP contribution < -0.4 is 15.8 Å². The van der Waals surface area contributed by atoms with Gasteiger partial charge in [0, 0.05) is 23.2 Å². The van der Waals surface area contributed by atoms with Crippen LogP contribution in [0, 0.1) is 0 Å². The molecule has 3 N–H and O–H groups in total. The molecule has 0 bridgehead atoms. The van der Waals surface area contributed by atoms with Gasteiger partial charge in [-0.1, -0.05) is 24.9 Å². The van der Waals surface area contributed by atoms with Crippen molar-refractivity contribution < 1.29 is 9.53 Å². The number of carbonyl (C=O) groups is 1. The third-order valence-electron chi connectivity index (χ3n) is 2.67. The van der Waals surface area contributed by atoms with Crippen molar-refractivity contribution in [3.63, 3.8) is 0 Å². The number of nitrogens with one attached hydrogen (secondary N) is 1. The fourth-order valence-electron chi connectivity index (χ4n) is 1.61. The molecule has 106 valence electrons. The lowest BCUT2D eigenvalue weighted by Crippen LogP contribution is -2.29. The quantitative estimate of drug-likeness (QED) is 0.757. The van der Waals surface area contributed by atoms with E-state index in [1.165, 1.54) is 0 Å². The first-order valence-corrected chi connectivity index (χ1v) is 6.87. The number of ether oxygens (including phenoxy) is 1. The largest absolute Gasteiger partial charge is 0.483 e. The normalized spacial score (nSPS) is 12.0. The Kier molecular flexibility index (Phi) is 6.67. The van der Waals surface area contributed by atoms with E-state index in [1.54, 1.807) is 18.2 Å². The van der Waals surface area contributed by atoms with E-state index in [4.69, 9.17) is 22.1 Å². The number of unbranched alkanes of at least 4 members (excludes halogenated alkanes) is 1. The summed E-state index contributed by atoms with van der Waals surface area (Å²) < 4.78 is 5.50. The van der Waals surface area contributed by atoms with Gasteiger partial charge in [-0.3, -0.25) is 4.79 Å². The molecule has 0 heterocycles. The predicted octanol–water partition coefficient (Wildman–Crippen LogP) is 2.65. The van der Waals surface area contributed by atoms with Crippen LogP contribution in [0.5, 0.6) is 5.75 Å². The smallest absolute Gasteiger partial charge is 0.257 e. The highest BCUT2D eigenvalue weighted by Crippen LogP contribution is 2.27. The van der Waals surface area contributed by atoms with E-state index < -0.39 is 0 Å². The summed E-state index contributed by atoms with van der Waals surface area (Å²) in [5.41, 5.74) is 6.65. The number of rotatable bonds is 7. The highest BCUT2D eigenvalue weighted by atomic mass is 35.5. The Morgan fingerprint density at radius 2 is 2.26 bits per heavy atom. The van der Waals surface area contributed by atoms with E-state index in [0.29, 0.717) is 17.3 Å². The van der Waals surface area contributed by atoms with Gasteiger partial charge in [0.1, 0.15) is 5.75 Å². The standard InChI is InChI=1S/C14H21ClN2O2/c1-3-4-7-17-14(18)9-19-13-6-5-11(15)8-12(13)10(2)16/h5-6,8,10H,3-4,7,9,16H2,1-2H3,(H,17,18)/t10-/m0/s1. The molecule has 0 aliphatic heterocycles. The van der Waals surface area contributed by atoms with Crippen molar-refractivity contribution in [1.82, 2.24) is 5.32 Å². The molecule has 0 radical (unpaired) electrons. The third-order valence-corrected chi connectivity index (χ3v) is 2.91. The average molecular weight is 285 g/mol. The number of amides is 1. The minimum atomic E-state index is -0.197. The van der Waals surface area contributed by atoms with Crippen molar-refractivity contribution in [1.29, 1.82) is 0 Å². The summed E-state index contributed by atoms with van der Waals surface area (Å²) in [6.07, 6.45) is 2.02. The van der Waals surface area contributed by atoms with Gasteiger partial charge < -0.3 is 15.8 Å². The van der Waals surface area contributed by atoms with Gasteiger partial charge in [0.2, 0.25) is 0 Å². The second-order valence-electron chi connectivity index (χ2n) is 4.46. The summed E-state index contributed by atoms with van der Waals surface area (Å²) in [5, 5.41) is 3.40. The van der Waals surface area contributed by atoms with Gasteiger partial charge in [-0.2, -0.15) is 0 Å². The Morgan fingerprint density at radius 3 is 2.89 bits per heavy atom. The summed E-state index contributed by atoms with van der Waals surface area (Å²) in [5.74, 6) is 0.476. The molecule has 1 aromatic rings. The molecule has 0 saturated heterocycles. The maximum Gasteiger partial charge on any atom is 0.257 e. The zero-order valence-electron chi connectivity index (χ0n) is 11.4. The second-order valence-corrected chi connectivity index (χ2v) is 4.90. The lowest BCUT2D eigenvalue weighted by Gasteiger charge is -2.14. The Balaban J connectivity index is 2.55. The van der Waals surface area contributed by atoms with Gasteiger partial charge in [-0.05, 0) is 31.5 Å². The minimum Gasteiger partial charge on any atom is -0.483 e. The van der Waals surface area contributed by atoms with Gasteiger partial charge in [-0.25, -0.2) is 0 Å². The van der Waals surface area contributed by atoms with Crippen LogP contribution in [0.2, 0.25) is 5.02 Å². The van der Waals surface area contributed by atoms with Crippen LogP contribution in [0.1, 0.15) is 38.3 Å². The first kappa shape index (κ1) is 15.8. The zero-order chi connectivity index (χ0) is 14.3. The lowest BCUT2D eigenvalue weighted by atomic mass is 10.1. The summed E-state index contributed by atoms with van der Waals surface area (Å²) in [7, 11) is 0. The molecule has 0 saturated carbocycles. The molecule has 4 nitrogen and oxygen atoms in total. The van der Waals surface area contributed by atoms with E-state index in [2.05, 4.69) is 12.2 Å². The Morgan fingerprint density at radius 1 is 1.53 bits per heavy atom. The van der Waals surface area contributed by atoms with Crippen molar-refractivity contribution in [2.75, 3.05) is 13.2 Å². The summed E-state index contributed by atoms with van der Waals surface area (Å²) in [6, 6.07) is 5.02. The monoisotopic (exact) mass is 284 g/mol. The van der Waals surface area contributed by atoms with Crippen molar-refractivity contribution in [3.8, 4) is 5.75 Å². The number of benzene rings is 1. The van der Waals surface area contributed by atoms with E-state index >= 15 is 0 Å². The molecule has 5 heteroatoms. The van der Waals surface area contributed by atoms with Crippen molar-refractivity contribution in [2.45, 2.75) is 32.7 Å². The molecule has 0 spiro atoms. The van der Waals surface area contributed by atoms with Crippen LogP contribution in [0.25, 0.3) is 0 Å². The zero-order valence-corrected chi connectivity index (χ0v) is 12.2. The van der Waals surface area contributed by atoms with Gasteiger partial charge in [0.15, 0.2) is 6.61 Å². The molecule has 1 amide bonds. The Bertz CT molecular complexity index is 422. The second kappa shape index (κ2) is 8.02. The summed E-state index contributed by atoms with van der Waals surface area (Å²) in [6.45, 7) is 4.59. The molecule has 0 aliphatic carbocycles. The summed E-state index contributed by atoms with van der Waals surface area (Å²) in [4.78, 5) is 11.5. The number of halogens is 1. The molecule has 1 aromatic carbocycles. The fourth-order valence-corrected chi connectivity index (χ4v) is 1.79. The van der Waals surface area contributed by atoms with E-state index in [1.807, 2.05) is 6.92 Å². The molecule has 19 heavy (non-hydrogen) atoms. The van der Waals surface area contributed by atoms with Crippen LogP contribution in [0.3, 0.4) is 0 Å². The SMILES string of the molecule is CCCCNC(=O)COc1ccc(Cl)cc1[C@H](C)N. The third kappa shape index (κ3) is 5.49. The van der Waals surface area contributed by atoms with E-state index in [0.717, 1.165) is 18.4 Å². The molecule has 0 aliphatic rings. The number of carbonyl (C=O) groups excluding carboxylic acids is 1. The van der Waals surface area contributed by atoms with Crippen LogP contribution in [0.4, 0.5) is 0 Å². The van der Waals surface area contributed by atoms with Crippen LogP contribution >= 0.6 is 11.6 Å². The molecule has 0 fully saturated rings. The number of nitrogens with two attached hydrogens (primary N) is 1. The van der Waals surface area contributed by atoms with E-state index in [9.17, 15) is 4.79 Å². The lowest BCUT2D eigenvalue weighted by molar-refractivity contribution is -0.123. The fraction of sp³-hybridized carbons (Fsp3) is 0.500. The van der Waals surface area contributed by atoms with Gasteiger partial charge in [0.05, 0.1) is 0 Å². The minimum absolute atomic E-state index is 0.00886. The topological polar surface area (TPSA) is 64.3 Å². The molecule has 0 aromatic heterocycles. The van der Waals surface area contributed by atoms with Crippen molar-refractivity contribution in [2.24, 2.45) is 5.73 Å². The van der Waals surface area contributed by atoms with Gasteiger partial charge in [-0.15, -0.1) is 0 Å². The molecular weight excluding hydrogens is 264 g/mol. The van der Waals surface area contributed by atoms with Gasteiger partial charge in [0.25, 0.3) is 5.91 Å². The Hall–Kier alpha value is -1.26. The highest BCUT2D eigenvalue weighted by molar-refractivity contribution is 6.30. The average Bonchev–Trinajstić information content (AvgIpc) is 2.37. The molecule has 0 unspecified atom stereocenters. The Labute approximate surface area is 119 Å². The van der Waals surface area contributed by atoms with E-state index in [-0.39, 0.29) is 18.6 Å². The predicted molar refractivity (Wildman–Crippen MR) is 77.5 cm³/mol.